The van der Waals surface area contributed by atoms with E-state index in [2.05, 4.69) is 41.9 Å². The molecule has 0 fully saturated rings. The summed E-state index contributed by atoms with van der Waals surface area (Å²) in [5, 5.41) is 24.3. The minimum absolute atomic E-state index is 0.584. The van der Waals surface area contributed by atoms with E-state index in [0.717, 1.165) is 38.6 Å². The lowest BCUT2D eigenvalue weighted by Crippen LogP contribution is -2.00. The van der Waals surface area contributed by atoms with Gasteiger partial charge in [-0.2, -0.15) is 15.2 Å². The SMILES string of the molecule is Cc1cc2cn[nH]c2cc1-c1nc(Nc2ccc3[nH]ncc3c2Cl)n(C)n1. The normalized spacial score (nSPS) is 11.5. The van der Waals surface area contributed by atoms with Crippen LogP contribution in [0.3, 0.4) is 0 Å². The number of anilines is 2. The van der Waals surface area contributed by atoms with Gasteiger partial charge in [0.15, 0.2) is 5.82 Å². The van der Waals surface area contributed by atoms with Crippen LogP contribution >= 0.6 is 11.6 Å². The van der Waals surface area contributed by atoms with Crippen LogP contribution in [0.2, 0.25) is 5.02 Å². The van der Waals surface area contributed by atoms with E-state index in [9.17, 15) is 0 Å². The highest BCUT2D eigenvalue weighted by molar-refractivity contribution is 6.38. The van der Waals surface area contributed by atoms with Crippen LogP contribution in [0.25, 0.3) is 33.2 Å². The number of halogens is 1. The largest absolute Gasteiger partial charge is 0.323 e. The summed E-state index contributed by atoms with van der Waals surface area (Å²) in [5.74, 6) is 1.23. The highest BCUT2D eigenvalue weighted by Gasteiger charge is 2.15. The number of aromatic amines is 2. The maximum Gasteiger partial charge on any atom is 0.225 e. The zero-order valence-electron chi connectivity index (χ0n) is 14.6. The standard InChI is InChI=1S/C18H15ClN8/c1-9-5-10-7-20-25-15(10)6-11(9)17-23-18(27(2)26-17)22-14-4-3-13-12(16(14)19)8-21-24-13/h3-8H,1-2H3,(H,20,25)(H,21,24)(H,22,23,26). The second-order valence-electron chi connectivity index (χ2n) is 6.39. The lowest BCUT2D eigenvalue weighted by Gasteiger charge is -2.07. The molecule has 0 aliphatic heterocycles. The van der Waals surface area contributed by atoms with E-state index in [1.165, 1.54) is 0 Å². The average Bonchev–Trinajstić information content (AvgIpc) is 3.36. The van der Waals surface area contributed by atoms with Crippen molar-refractivity contribution in [1.82, 2.24) is 35.2 Å². The van der Waals surface area contributed by atoms with Gasteiger partial charge < -0.3 is 5.32 Å². The van der Waals surface area contributed by atoms with Crippen molar-refractivity contribution in [2.24, 2.45) is 7.05 Å². The Labute approximate surface area is 158 Å². The molecule has 0 spiro atoms. The minimum Gasteiger partial charge on any atom is -0.323 e. The molecule has 3 heterocycles. The molecule has 8 nitrogen and oxygen atoms in total. The maximum atomic E-state index is 6.50. The zero-order chi connectivity index (χ0) is 18.5. The summed E-state index contributed by atoms with van der Waals surface area (Å²) >= 11 is 6.50. The van der Waals surface area contributed by atoms with E-state index in [4.69, 9.17) is 11.6 Å². The van der Waals surface area contributed by atoms with Crippen molar-refractivity contribution in [2.45, 2.75) is 6.92 Å². The molecule has 0 atom stereocenters. The van der Waals surface area contributed by atoms with Gasteiger partial charge in [-0.15, -0.1) is 5.10 Å². The number of aryl methyl sites for hydroxylation is 2. The Morgan fingerprint density at radius 2 is 1.89 bits per heavy atom. The van der Waals surface area contributed by atoms with Crippen molar-refractivity contribution in [2.75, 3.05) is 5.32 Å². The smallest absolute Gasteiger partial charge is 0.225 e. The van der Waals surface area contributed by atoms with Crippen LogP contribution in [0.15, 0.2) is 36.7 Å². The summed E-state index contributed by atoms with van der Waals surface area (Å²) in [6.07, 6.45) is 3.51. The molecule has 5 rings (SSSR count). The summed E-state index contributed by atoms with van der Waals surface area (Å²) in [5.41, 5.74) is 4.61. The van der Waals surface area contributed by atoms with Gasteiger partial charge in [-0.3, -0.25) is 10.2 Å². The first-order valence-electron chi connectivity index (χ1n) is 8.34. The third-order valence-corrected chi connectivity index (χ3v) is 5.00. The Hall–Kier alpha value is -3.39. The predicted octanol–water partition coefficient (Wildman–Crippen LogP) is 3.94. The molecule has 27 heavy (non-hydrogen) atoms. The van der Waals surface area contributed by atoms with Crippen molar-refractivity contribution in [3.05, 3.63) is 47.2 Å². The molecule has 0 unspecified atom stereocenters. The van der Waals surface area contributed by atoms with Gasteiger partial charge in [-0.1, -0.05) is 11.6 Å². The van der Waals surface area contributed by atoms with Gasteiger partial charge in [-0.25, -0.2) is 4.68 Å². The van der Waals surface area contributed by atoms with E-state index in [0.29, 0.717) is 16.8 Å². The Morgan fingerprint density at radius 1 is 1.07 bits per heavy atom. The number of hydrogen-bond acceptors (Lipinski definition) is 5. The quantitative estimate of drug-likeness (QED) is 0.441. The first kappa shape index (κ1) is 15.8. The Morgan fingerprint density at radius 3 is 2.78 bits per heavy atom. The molecule has 5 aromatic rings. The first-order valence-corrected chi connectivity index (χ1v) is 8.71. The lowest BCUT2D eigenvalue weighted by atomic mass is 10.1. The molecular weight excluding hydrogens is 364 g/mol. The van der Waals surface area contributed by atoms with E-state index in [-0.39, 0.29) is 0 Å². The molecule has 0 radical (unpaired) electrons. The number of benzene rings is 2. The third-order valence-electron chi connectivity index (χ3n) is 4.59. The van der Waals surface area contributed by atoms with Gasteiger partial charge in [0.1, 0.15) is 0 Å². The molecule has 0 aliphatic rings. The Bertz CT molecular complexity index is 1300. The summed E-state index contributed by atoms with van der Waals surface area (Å²) in [6, 6.07) is 7.89. The molecular formula is C18H15ClN8. The van der Waals surface area contributed by atoms with Gasteiger partial charge in [0.2, 0.25) is 5.95 Å². The minimum atomic E-state index is 0.584. The van der Waals surface area contributed by atoms with Crippen molar-refractivity contribution in [3.8, 4) is 11.4 Å². The van der Waals surface area contributed by atoms with Crippen molar-refractivity contribution in [1.29, 1.82) is 0 Å². The summed E-state index contributed by atoms with van der Waals surface area (Å²) in [7, 11) is 1.84. The third kappa shape index (κ3) is 2.53. The van der Waals surface area contributed by atoms with Crippen LogP contribution in [0.1, 0.15) is 5.56 Å². The number of aromatic nitrogens is 7. The topological polar surface area (TPSA) is 100 Å². The highest BCUT2D eigenvalue weighted by Crippen LogP contribution is 2.32. The number of nitrogens with zero attached hydrogens (tertiary/aromatic N) is 5. The number of rotatable bonds is 3. The second kappa shape index (κ2) is 5.82. The zero-order valence-corrected chi connectivity index (χ0v) is 15.3. The average molecular weight is 379 g/mol. The van der Waals surface area contributed by atoms with E-state index >= 15 is 0 Å². The number of hydrogen-bond donors (Lipinski definition) is 3. The Balaban J connectivity index is 1.55. The molecule has 9 heteroatoms. The monoisotopic (exact) mass is 378 g/mol. The molecule has 0 saturated heterocycles. The fraction of sp³-hybridized carbons (Fsp3) is 0.111. The fourth-order valence-electron chi connectivity index (χ4n) is 3.15. The molecule has 0 aliphatic carbocycles. The van der Waals surface area contributed by atoms with E-state index in [1.54, 1.807) is 17.1 Å². The molecule has 134 valence electrons. The Kier molecular flexibility index (Phi) is 3.41. The van der Waals surface area contributed by atoms with Crippen molar-refractivity contribution >= 4 is 45.0 Å². The molecule has 0 saturated carbocycles. The van der Waals surface area contributed by atoms with Crippen LogP contribution in [-0.4, -0.2) is 35.2 Å². The van der Waals surface area contributed by atoms with Crippen LogP contribution in [0.4, 0.5) is 11.6 Å². The van der Waals surface area contributed by atoms with Gasteiger partial charge >= 0.3 is 0 Å². The highest BCUT2D eigenvalue weighted by atomic mass is 35.5. The van der Waals surface area contributed by atoms with E-state index in [1.807, 2.05) is 32.2 Å². The van der Waals surface area contributed by atoms with Crippen molar-refractivity contribution in [3.63, 3.8) is 0 Å². The molecule has 2 aromatic carbocycles. The molecule has 3 aromatic heterocycles. The van der Waals surface area contributed by atoms with Gasteiger partial charge in [0.25, 0.3) is 0 Å². The predicted molar refractivity (Wildman–Crippen MR) is 105 cm³/mol. The van der Waals surface area contributed by atoms with Crippen LogP contribution in [0.5, 0.6) is 0 Å². The van der Waals surface area contributed by atoms with Gasteiger partial charge in [0, 0.05) is 23.4 Å². The maximum absolute atomic E-state index is 6.50. The van der Waals surface area contributed by atoms with Gasteiger partial charge in [0.05, 0.1) is 34.1 Å². The first-order chi connectivity index (χ1) is 13.1. The van der Waals surface area contributed by atoms with E-state index < -0.39 is 0 Å². The number of H-pyrrole nitrogens is 2. The number of nitrogens with one attached hydrogen (secondary N) is 3. The number of fused-ring (bicyclic) bond motifs is 2. The van der Waals surface area contributed by atoms with Crippen molar-refractivity contribution < 1.29 is 0 Å². The van der Waals surface area contributed by atoms with Crippen LogP contribution < -0.4 is 5.32 Å². The molecule has 0 bridgehead atoms. The fourth-order valence-corrected chi connectivity index (χ4v) is 3.41. The summed E-state index contributed by atoms with van der Waals surface area (Å²) in [4.78, 5) is 4.66. The van der Waals surface area contributed by atoms with Crippen LogP contribution in [-0.2, 0) is 7.05 Å². The lowest BCUT2D eigenvalue weighted by molar-refractivity contribution is 0.778. The summed E-state index contributed by atoms with van der Waals surface area (Å²) in [6.45, 7) is 2.04. The van der Waals surface area contributed by atoms with Gasteiger partial charge in [-0.05, 0) is 36.8 Å². The summed E-state index contributed by atoms with van der Waals surface area (Å²) < 4.78 is 1.70. The molecule has 0 amide bonds. The molecule has 3 N–H and O–H groups in total. The second-order valence-corrected chi connectivity index (χ2v) is 6.77. The van der Waals surface area contributed by atoms with Crippen LogP contribution in [0, 0.1) is 6.92 Å².